The van der Waals surface area contributed by atoms with Gasteiger partial charge in [0.15, 0.2) is 0 Å². The van der Waals surface area contributed by atoms with E-state index in [2.05, 4.69) is 15.4 Å². The highest BCUT2D eigenvalue weighted by atomic mass is 16.5. The number of amides is 2. The van der Waals surface area contributed by atoms with E-state index in [-0.39, 0.29) is 24.3 Å². The van der Waals surface area contributed by atoms with Crippen LogP contribution in [-0.2, 0) is 4.74 Å². The molecule has 2 amide bonds. The number of hydrogen-bond donors (Lipinski definition) is 3. The SMILES string of the molecule is CNC(=O)OCCNC(=O)c1ccccc1C(=O)O. The topological polar surface area (TPSA) is 105 Å². The Bertz CT molecular complexity index is 487. The Kier molecular flexibility index (Phi) is 5.34. The first-order chi connectivity index (χ1) is 9.06. The van der Waals surface area contributed by atoms with E-state index in [1.807, 2.05) is 0 Å². The molecule has 102 valence electrons. The average molecular weight is 266 g/mol. The molecule has 7 heteroatoms. The Morgan fingerprint density at radius 3 is 2.42 bits per heavy atom. The second-order valence-corrected chi connectivity index (χ2v) is 3.49. The van der Waals surface area contributed by atoms with Gasteiger partial charge in [-0.3, -0.25) is 4.79 Å². The number of carbonyl (C=O) groups excluding carboxylic acids is 2. The van der Waals surface area contributed by atoms with Gasteiger partial charge < -0.3 is 20.5 Å². The first-order valence-corrected chi connectivity index (χ1v) is 5.51. The minimum absolute atomic E-state index is 0.000646. The maximum Gasteiger partial charge on any atom is 0.406 e. The molecule has 0 atom stereocenters. The maximum absolute atomic E-state index is 11.8. The van der Waals surface area contributed by atoms with Gasteiger partial charge in [-0.2, -0.15) is 0 Å². The molecule has 0 radical (unpaired) electrons. The van der Waals surface area contributed by atoms with E-state index in [0.717, 1.165) is 0 Å². The largest absolute Gasteiger partial charge is 0.478 e. The predicted molar refractivity (Wildman–Crippen MR) is 66.1 cm³/mol. The molecular formula is C12H14N2O5. The van der Waals surface area contributed by atoms with Gasteiger partial charge in [0.2, 0.25) is 0 Å². The molecule has 0 aliphatic heterocycles. The zero-order chi connectivity index (χ0) is 14.3. The van der Waals surface area contributed by atoms with Gasteiger partial charge in [-0.15, -0.1) is 0 Å². The number of carboxylic acid groups (broad SMARTS) is 1. The first kappa shape index (κ1) is 14.5. The molecule has 0 saturated heterocycles. The zero-order valence-corrected chi connectivity index (χ0v) is 10.3. The summed E-state index contributed by atoms with van der Waals surface area (Å²) >= 11 is 0. The molecule has 1 aromatic rings. The van der Waals surface area contributed by atoms with Crippen molar-refractivity contribution in [3.63, 3.8) is 0 Å². The van der Waals surface area contributed by atoms with Crippen molar-refractivity contribution in [2.45, 2.75) is 0 Å². The van der Waals surface area contributed by atoms with Crippen LogP contribution in [0.15, 0.2) is 24.3 Å². The molecular weight excluding hydrogens is 252 g/mol. The van der Waals surface area contributed by atoms with Crippen molar-refractivity contribution in [2.75, 3.05) is 20.2 Å². The van der Waals surface area contributed by atoms with Crippen LogP contribution in [0.2, 0.25) is 0 Å². The van der Waals surface area contributed by atoms with Gasteiger partial charge in [0, 0.05) is 7.05 Å². The number of benzene rings is 1. The van der Waals surface area contributed by atoms with Crippen LogP contribution in [0.1, 0.15) is 20.7 Å². The monoisotopic (exact) mass is 266 g/mol. The number of nitrogens with one attached hydrogen (secondary N) is 2. The Balaban J connectivity index is 2.55. The van der Waals surface area contributed by atoms with E-state index in [0.29, 0.717) is 0 Å². The van der Waals surface area contributed by atoms with E-state index in [4.69, 9.17) is 5.11 Å². The number of ether oxygens (including phenoxy) is 1. The van der Waals surface area contributed by atoms with Gasteiger partial charge in [0.1, 0.15) is 6.61 Å². The van der Waals surface area contributed by atoms with Gasteiger partial charge in [-0.25, -0.2) is 9.59 Å². The standard InChI is InChI=1S/C12H14N2O5/c1-13-12(18)19-7-6-14-10(15)8-4-2-3-5-9(8)11(16)17/h2-5H,6-7H2,1H3,(H,13,18)(H,14,15)(H,16,17). The predicted octanol–water partition coefficient (Wildman–Crippen LogP) is 0.471. The van der Waals surface area contributed by atoms with Gasteiger partial charge >= 0.3 is 12.1 Å². The molecule has 0 spiro atoms. The number of hydrogen-bond acceptors (Lipinski definition) is 4. The van der Waals surface area contributed by atoms with Crippen molar-refractivity contribution in [1.29, 1.82) is 0 Å². The first-order valence-electron chi connectivity index (χ1n) is 5.51. The number of carboxylic acids is 1. The van der Waals surface area contributed by atoms with Gasteiger partial charge in [0.05, 0.1) is 17.7 Å². The van der Waals surface area contributed by atoms with E-state index >= 15 is 0 Å². The highest BCUT2D eigenvalue weighted by molar-refractivity contribution is 6.04. The van der Waals surface area contributed by atoms with Crippen LogP contribution in [0.3, 0.4) is 0 Å². The fourth-order valence-electron chi connectivity index (χ4n) is 1.34. The smallest absolute Gasteiger partial charge is 0.406 e. The van der Waals surface area contributed by atoms with Crippen LogP contribution in [0, 0.1) is 0 Å². The van der Waals surface area contributed by atoms with E-state index in [1.54, 1.807) is 6.07 Å². The highest BCUT2D eigenvalue weighted by Gasteiger charge is 2.15. The molecule has 0 unspecified atom stereocenters. The molecule has 19 heavy (non-hydrogen) atoms. The fourth-order valence-corrected chi connectivity index (χ4v) is 1.34. The summed E-state index contributed by atoms with van der Waals surface area (Å²) in [6.07, 6.45) is -0.597. The van der Waals surface area contributed by atoms with Crippen molar-refractivity contribution in [2.24, 2.45) is 0 Å². The number of rotatable bonds is 5. The molecule has 0 aliphatic carbocycles. The molecule has 7 nitrogen and oxygen atoms in total. The van der Waals surface area contributed by atoms with Gasteiger partial charge in [-0.1, -0.05) is 12.1 Å². The summed E-state index contributed by atoms with van der Waals surface area (Å²) < 4.78 is 4.67. The van der Waals surface area contributed by atoms with Crippen LogP contribution in [0.25, 0.3) is 0 Å². The van der Waals surface area contributed by atoms with E-state index < -0.39 is 18.0 Å². The molecule has 0 saturated carbocycles. The lowest BCUT2D eigenvalue weighted by Gasteiger charge is -2.08. The highest BCUT2D eigenvalue weighted by Crippen LogP contribution is 2.08. The zero-order valence-electron chi connectivity index (χ0n) is 10.3. The van der Waals surface area contributed by atoms with Crippen molar-refractivity contribution >= 4 is 18.0 Å². The molecule has 0 heterocycles. The third-order valence-electron chi connectivity index (χ3n) is 2.23. The van der Waals surface area contributed by atoms with Crippen molar-refractivity contribution < 1.29 is 24.2 Å². The molecule has 0 aliphatic rings. The lowest BCUT2D eigenvalue weighted by molar-refractivity contribution is 0.0691. The van der Waals surface area contributed by atoms with Crippen LogP contribution in [0.4, 0.5) is 4.79 Å². The molecule has 0 aromatic heterocycles. The van der Waals surface area contributed by atoms with Crippen molar-refractivity contribution in [3.05, 3.63) is 35.4 Å². The molecule has 0 bridgehead atoms. The summed E-state index contributed by atoms with van der Waals surface area (Å²) in [5, 5.41) is 13.7. The third kappa shape index (κ3) is 4.30. The lowest BCUT2D eigenvalue weighted by atomic mass is 10.1. The average Bonchev–Trinajstić information content (AvgIpc) is 2.42. The van der Waals surface area contributed by atoms with Gasteiger partial charge in [0.25, 0.3) is 5.91 Å². The van der Waals surface area contributed by atoms with Crippen LogP contribution < -0.4 is 10.6 Å². The normalized spacial score (nSPS) is 9.53. The summed E-state index contributed by atoms with van der Waals surface area (Å²) in [5.41, 5.74) is -0.0119. The fraction of sp³-hybridized carbons (Fsp3) is 0.250. The second kappa shape index (κ2) is 7.00. The number of alkyl carbamates (subject to hydrolysis) is 1. The summed E-state index contributed by atoms with van der Waals surface area (Å²) in [5.74, 6) is -1.70. The van der Waals surface area contributed by atoms with Crippen LogP contribution in [0.5, 0.6) is 0 Å². The molecule has 1 rings (SSSR count). The van der Waals surface area contributed by atoms with Crippen LogP contribution in [-0.4, -0.2) is 43.3 Å². The second-order valence-electron chi connectivity index (χ2n) is 3.49. The lowest BCUT2D eigenvalue weighted by Crippen LogP contribution is -2.30. The molecule has 0 fully saturated rings. The molecule has 1 aromatic carbocycles. The number of aromatic carboxylic acids is 1. The Hall–Kier alpha value is -2.57. The summed E-state index contributed by atoms with van der Waals surface area (Å²) in [6, 6.07) is 5.87. The maximum atomic E-state index is 11.8. The summed E-state index contributed by atoms with van der Waals surface area (Å²) in [6.45, 7) is 0.0981. The minimum Gasteiger partial charge on any atom is -0.478 e. The van der Waals surface area contributed by atoms with Crippen molar-refractivity contribution in [1.82, 2.24) is 10.6 Å². The Morgan fingerprint density at radius 2 is 1.84 bits per heavy atom. The van der Waals surface area contributed by atoms with Crippen LogP contribution >= 0.6 is 0 Å². The minimum atomic E-state index is -1.17. The van der Waals surface area contributed by atoms with Gasteiger partial charge in [-0.05, 0) is 12.1 Å². The van der Waals surface area contributed by atoms with E-state index in [9.17, 15) is 14.4 Å². The van der Waals surface area contributed by atoms with E-state index in [1.165, 1.54) is 25.2 Å². The summed E-state index contributed by atoms with van der Waals surface area (Å²) in [4.78, 5) is 33.4. The third-order valence-corrected chi connectivity index (χ3v) is 2.23. The number of carbonyl (C=O) groups is 3. The Labute approximate surface area is 109 Å². The quantitative estimate of drug-likeness (QED) is 0.672. The van der Waals surface area contributed by atoms with Crippen molar-refractivity contribution in [3.8, 4) is 0 Å². The Morgan fingerprint density at radius 1 is 1.21 bits per heavy atom. The summed E-state index contributed by atoms with van der Waals surface area (Å²) in [7, 11) is 1.42. The molecule has 3 N–H and O–H groups in total.